The summed E-state index contributed by atoms with van der Waals surface area (Å²) in [5.41, 5.74) is 0.556. The van der Waals surface area contributed by atoms with Crippen molar-refractivity contribution in [1.82, 2.24) is 24.4 Å². The van der Waals surface area contributed by atoms with Crippen LogP contribution in [0.5, 0.6) is 0 Å². The minimum atomic E-state index is -4.73. The molecule has 0 aliphatic rings. The second kappa shape index (κ2) is 9.55. The second-order valence-electron chi connectivity index (χ2n) is 8.85. The molecule has 3 aromatic carbocycles. The van der Waals surface area contributed by atoms with E-state index in [1.807, 2.05) is 42.5 Å². The molecular weight excluding hydrogens is 529 g/mol. The maximum atomic E-state index is 13.9. The molecular formula is C28H18ClF3N6O. The van der Waals surface area contributed by atoms with Gasteiger partial charge in [-0.3, -0.25) is 9.48 Å². The van der Waals surface area contributed by atoms with Gasteiger partial charge >= 0.3 is 6.18 Å². The van der Waals surface area contributed by atoms with Crippen molar-refractivity contribution in [2.24, 2.45) is 0 Å². The van der Waals surface area contributed by atoms with Crippen molar-refractivity contribution in [1.29, 1.82) is 0 Å². The van der Waals surface area contributed by atoms with Gasteiger partial charge in [0.15, 0.2) is 17.0 Å². The summed E-state index contributed by atoms with van der Waals surface area (Å²) in [4.78, 5) is 17.2. The number of aromatic nitrogens is 5. The predicted octanol–water partition coefficient (Wildman–Crippen LogP) is 6.72. The van der Waals surface area contributed by atoms with Gasteiger partial charge in [-0.1, -0.05) is 66.2 Å². The maximum Gasteiger partial charge on any atom is 0.433 e. The van der Waals surface area contributed by atoms with Crippen molar-refractivity contribution < 1.29 is 18.0 Å². The molecule has 6 rings (SSSR count). The lowest BCUT2D eigenvalue weighted by molar-refractivity contribution is -0.142. The van der Waals surface area contributed by atoms with Crippen LogP contribution in [-0.2, 0) is 12.7 Å². The molecule has 0 radical (unpaired) electrons. The Hall–Kier alpha value is -4.70. The minimum absolute atomic E-state index is 0.0769. The van der Waals surface area contributed by atoms with Crippen LogP contribution in [0, 0.1) is 0 Å². The number of benzene rings is 3. The molecule has 194 valence electrons. The summed E-state index contributed by atoms with van der Waals surface area (Å²) >= 11 is 5.90. The molecule has 39 heavy (non-hydrogen) atoms. The van der Waals surface area contributed by atoms with E-state index in [2.05, 4.69) is 20.5 Å². The number of hydrogen-bond donors (Lipinski definition) is 1. The number of halogens is 4. The van der Waals surface area contributed by atoms with Gasteiger partial charge in [0.2, 0.25) is 0 Å². The molecule has 0 unspecified atom stereocenters. The van der Waals surface area contributed by atoms with E-state index in [9.17, 15) is 18.0 Å². The van der Waals surface area contributed by atoms with Crippen LogP contribution >= 0.6 is 11.6 Å². The average molecular weight is 547 g/mol. The standard InChI is InChI=1S/C28H18ClF3N6O/c29-20-10-8-18(9-11-20)23-12-25(28(30,31)32)38-26(35-23)13-24(36-38)27(39)34-21-14-33-37(16-21)15-19-6-3-5-17-4-1-2-7-22(17)19/h1-14,16H,15H2,(H,34,39). The number of nitrogens with zero attached hydrogens (tertiary/aromatic N) is 5. The van der Waals surface area contributed by atoms with Gasteiger partial charge in [-0.05, 0) is 34.5 Å². The van der Waals surface area contributed by atoms with Gasteiger partial charge in [0.25, 0.3) is 5.91 Å². The average Bonchev–Trinajstić information content (AvgIpc) is 3.55. The van der Waals surface area contributed by atoms with Gasteiger partial charge in [0.05, 0.1) is 24.1 Å². The fraction of sp³-hybridized carbons (Fsp3) is 0.0714. The molecule has 1 amide bonds. The Morgan fingerprint density at radius 1 is 0.974 bits per heavy atom. The lowest BCUT2D eigenvalue weighted by Crippen LogP contribution is -2.15. The Morgan fingerprint density at radius 2 is 1.74 bits per heavy atom. The summed E-state index contributed by atoms with van der Waals surface area (Å²) in [6.07, 6.45) is -1.62. The van der Waals surface area contributed by atoms with Crippen LogP contribution in [0.2, 0.25) is 5.02 Å². The Bertz CT molecular complexity index is 1840. The van der Waals surface area contributed by atoms with Gasteiger partial charge in [-0.15, -0.1) is 0 Å². The second-order valence-corrected chi connectivity index (χ2v) is 9.29. The third-order valence-corrected chi connectivity index (χ3v) is 6.45. The molecule has 0 atom stereocenters. The first kappa shape index (κ1) is 24.6. The summed E-state index contributed by atoms with van der Waals surface area (Å²) in [5, 5.41) is 13.5. The summed E-state index contributed by atoms with van der Waals surface area (Å²) in [5.74, 6) is -0.689. The molecule has 0 aliphatic heterocycles. The predicted molar refractivity (Wildman–Crippen MR) is 142 cm³/mol. The number of carbonyl (C=O) groups excluding carboxylic acids is 1. The highest BCUT2D eigenvalue weighted by atomic mass is 35.5. The third kappa shape index (κ3) is 4.94. The molecule has 0 spiro atoms. The van der Waals surface area contributed by atoms with E-state index in [-0.39, 0.29) is 17.0 Å². The highest BCUT2D eigenvalue weighted by molar-refractivity contribution is 6.30. The van der Waals surface area contributed by atoms with Crippen LogP contribution < -0.4 is 5.32 Å². The zero-order valence-corrected chi connectivity index (χ0v) is 20.8. The van der Waals surface area contributed by atoms with Crippen LogP contribution in [-0.4, -0.2) is 30.3 Å². The molecule has 3 aromatic heterocycles. The zero-order chi connectivity index (χ0) is 27.1. The topological polar surface area (TPSA) is 77.1 Å². The van der Waals surface area contributed by atoms with Gasteiger partial charge < -0.3 is 5.32 Å². The minimum Gasteiger partial charge on any atom is -0.318 e. The number of fused-ring (bicyclic) bond motifs is 2. The molecule has 0 saturated heterocycles. The zero-order valence-electron chi connectivity index (χ0n) is 20.0. The molecule has 11 heteroatoms. The van der Waals surface area contributed by atoms with Crippen molar-refractivity contribution in [2.45, 2.75) is 12.7 Å². The Labute approximate surface area is 224 Å². The summed E-state index contributed by atoms with van der Waals surface area (Å²) in [6, 6.07) is 22.4. The molecule has 6 aromatic rings. The number of anilines is 1. The first-order valence-electron chi connectivity index (χ1n) is 11.8. The molecule has 0 fully saturated rings. The highest BCUT2D eigenvalue weighted by Gasteiger charge is 2.35. The number of alkyl halides is 3. The Kier molecular flexibility index (Phi) is 6.03. The third-order valence-electron chi connectivity index (χ3n) is 6.19. The van der Waals surface area contributed by atoms with E-state index in [0.717, 1.165) is 22.4 Å². The van der Waals surface area contributed by atoms with E-state index in [1.165, 1.54) is 12.3 Å². The SMILES string of the molecule is O=C(Nc1cnn(Cc2cccc3ccccc23)c1)c1cc2nc(-c3ccc(Cl)cc3)cc(C(F)(F)F)n2n1. The van der Waals surface area contributed by atoms with Crippen LogP contribution in [0.1, 0.15) is 21.7 Å². The number of rotatable bonds is 5. The van der Waals surface area contributed by atoms with E-state index in [4.69, 9.17) is 11.6 Å². The van der Waals surface area contributed by atoms with Crippen LogP contribution in [0.4, 0.5) is 18.9 Å². The van der Waals surface area contributed by atoms with Gasteiger partial charge in [0.1, 0.15) is 0 Å². The molecule has 1 N–H and O–H groups in total. The maximum absolute atomic E-state index is 13.9. The summed E-state index contributed by atoms with van der Waals surface area (Å²) < 4.78 is 44.0. The largest absolute Gasteiger partial charge is 0.433 e. The van der Waals surface area contributed by atoms with Crippen LogP contribution in [0.25, 0.3) is 27.7 Å². The number of hydrogen-bond acceptors (Lipinski definition) is 4. The smallest absolute Gasteiger partial charge is 0.318 e. The van der Waals surface area contributed by atoms with Crippen molar-refractivity contribution >= 4 is 39.6 Å². The number of amides is 1. The lowest BCUT2D eigenvalue weighted by Gasteiger charge is -2.11. The number of nitrogens with one attached hydrogen (secondary N) is 1. The molecule has 0 bridgehead atoms. The first-order valence-corrected chi connectivity index (χ1v) is 12.2. The van der Waals surface area contributed by atoms with Crippen LogP contribution in [0.3, 0.4) is 0 Å². The monoisotopic (exact) mass is 546 g/mol. The van der Waals surface area contributed by atoms with Gasteiger partial charge in [-0.2, -0.15) is 23.4 Å². The summed E-state index contributed by atoms with van der Waals surface area (Å²) in [7, 11) is 0. The van der Waals surface area contributed by atoms with E-state index >= 15 is 0 Å². The number of carbonyl (C=O) groups is 1. The van der Waals surface area contributed by atoms with Crippen molar-refractivity contribution in [3.8, 4) is 11.3 Å². The van der Waals surface area contributed by atoms with Crippen molar-refractivity contribution in [3.05, 3.63) is 113 Å². The summed E-state index contributed by atoms with van der Waals surface area (Å²) in [6.45, 7) is 0.470. The molecule has 0 aliphatic carbocycles. The Balaban J connectivity index is 1.27. The molecule has 0 saturated carbocycles. The van der Waals surface area contributed by atoms with Gasteiger partial charge in [0, 0.05) is 22.8 Å². The fourth-order valence-electron chi connectivity index (χ4n) is 4.37. The molecule has 7 nitrogen and oxygen atoms in total. The molecule has 3 heterocycles. The van der Waals surface area contributed by atoms with Gasteiger partial charge in [-0.25, -0.2) is 9.50 Å². The highest BCUT2D eigenvalue weighted by Crippen LogP contribution is 2.32. The van der Waals surface area contributed by atoms with E-state index < -0.39 is 17.8 Å². The Morgan fingerprint density at radius 3 is 2.54 bits per heavy atom. The van der Waals surface area contributed by atoms with Crippen LogP contribution in [0.15, 0.2) is 91.3 Å². The first-order chi connectivity index (χ1) is 18.7. The van der Waals surface area contributed by atoms with Crippen molar-refractivity contribution in [2.75, 3.05) is 5.32 Å². The van der Waals surface area contributed by atoms with Crippen molar-refractivity contribution in [3.63, 3.8) is 0 Å². The fourth-order valence-corrected chi connectivity index (χ4v) is 4.50. The van der Waals surface area contributed by atoms with E-state index in [1.54, 1.807) is 35.1 Å². The normalized spacial score (nSPS) is 11.8. The van der Waals surface area contributed by atoms with E-state index in [0.29, 0.717) is 27.3 Å². The quantitative estimate of drug-likeness (QED) is 0.260. The lowest BCUT2D eigenvalue weighted by atomic mass is 10.0.